The Hall–Kier alpha value is 0. The zero-order chi connectivity index (χ0) is 8.44. The van der Waals surface area contributed by atoms with Crippen LogP contribution in [0.15, 0.2) is 0 Å². The van der Waals surface area contributed by atoms with E-state index in [4.69, 9.17) is 0 Å². The first-order valence-electron chi connectivity index (χ1n) is 5.79. The summed E-state index contributed by atoms with van der Waals surface area (Å²) in [6.07, 6.45) is 13.7. The Morgan fingerprint density at radius 3 is 2.17 bits per heavy atom. The molecule has 2 fully saturated rings. The van der Waals surface area contributed by atoms with E-state index in [2.05, 4.69) is 6.92 Å². The van der Waals surface area contributed by atoms with Gasteiger partial charge in [0.2, 0.25) is 0 Å². The lowest BCUT2D eigenvalue weighted by Gasteiger charge is -2.42. The molecule has 0 heteroatoms. The second-order valence-corrected chi connectivity index (χ2v) is 5.37. The molecule has 0 aromatic carbocycles. The van der Waals surface area contributed by atoms with Gasteiger partial charge in [-0.15, -0.1) is 0 Å². The van der Waals surface area contributed by atoms with Gasteiger partial charge < -0.3 is 0 Å². The second kappa shape index (κ2) is 3.40. The highest BCUT2D eigenvalue weighted by Crippen LogP contribution is 2.47. The van der Waals surface area contributed by atoms with Gasteiger partial charge in [0.05, 0.1) is 0 Å². The first-order valence-corrected chi connectivity index (χ1v) is 5.79. The van der Waals surface area contributed by atoms with Crippen molar-refractivity contribution in [3.05, 3.63) is 0 Å². The van der Waals surface area contributed by atoms with Crippen molar-refractivity contribution < 1.29 is 0 Å². The lowest BCUT2D eigenvalue weighted by atomic mass is 9.64. The minimum atomic E-state index is 0.780. The van der Waals surface area contributed by atoms with Crippen molar-refractivity contribution in [2.45, 2.75) is 64.7 Å². The van der Waals surface area contributed by atoms with Crippen LogP contribution in [0.2, 0.25) is 0 Å². The second-order valence-electron chi connectivity index (χ2n) is 5.37. The van der Waals surface area contributed by atoms with Gasteiger partial charge in [-0.1, -0.05) is 45.4 Å². The molecule has 12 heavy (non-hydrogen) atoms. The summed E-state index contributed by atoms with van der Waals surface area (Å²) in [5.41, 5.74) is 0.780. The molecule has 0 aromatic rings. The van der Waals surface area contributed by atoms with Crippen molar-refractivity contribution in [3.63, 3.8) is 0 Å². The first-order chi connectivity index (χ1) is 5.79. The highest BCUT2D eigenvalue weighted by molar-refractivity contribution is 4.86. The van der Waals surface area contributed by atoms with E-state index < -0.39 is 0 Å². The fourth-order valence-corrected chi connectivity index (χ4v) is 3.07. The fraction of sp³-hybridized carbons (Fsp3) is 1.00. The topological polar surface area (TPSA) is 0 Å². The molecular formula is C12H22. The van der Waals surface area contributed by atoms with Gasteiger partial charge >= 0.3 is 0 Å². The predicted octanol–water partition coefficient (Wildman–Crippen LogP) is 4.15. The van der Waals surface area contributed by atoms with Crippen molar-refractivity contribution in [1.82, 2.24) is 0 Å². The van der Waals surface area contributed by atoms with Crippen LogP contribution in [0.1, 0.15) is 64.7 Å². The lowest BCUT2D eigenvalue weighted by Crippen LogP contribution is -2.29. The lowest BCUT2D eigenvalue weighted by molar-refractivity contribution is 0.104. The molecule has 2 aliphatic rings. The maximum Gasteiger partial charge on any atom is -0.0323 e. The number of hydrogen-bond acceptors (Lipinski definition) is 0. The summed E-state index contributed by atoms with van der Waals surface area (Å²) in [6, 6.07) is 0. The third-order valence-corrected chi connectivity index (χ3v) is 4.07. The average molecular weight is 166 g/mol. The summed E-state index contributed by atoms with van der Waals surface area (Å²) in [4.78, 5) is 0. The molecule has 0 heterocycles. The molecule has 70 valence electrons. The van der Waals surface area contributed by atoms with Crippen molar-refractivity contribution >= 4 is 0 Å². The van der Waals surface area contributed by atoms with Gasteiger partial charge in [-0.25, -0.2) is 0 Å². The van der Waals surface area contributed by atoms with Gasteiger partial charge in [-0.2, -0.15) is 0 Å². The minimum Gasteiger partial charge on any atom is -0.0596 e. The van der Waals surface area contributed by atoms with Gasteiger partial charge in [0, 0.05) is 0 Å². The summed E-state index contributed by atoms with van der Waals surface area (Å²) in [5.74, 6) is 1.10. The van der Waals surface area contributed by atoms with E-state index in [-0.39, 0.29) is 0 Å². The molecule has 0 unspecified atom stereocenters. The Bertz CT molecular complexity index is 138. The molecule has 0 atom stereocenters. The summed E-state index contributed by atoms with van der Waals surface area (Å²) in [6.45, 7) is 2.51. The van der Waals surface area contributed by atoms with E-state index in [1.165, 1.54) is 51.4 Å². The Kier molecular flexibility index (Phi) is 2.43. The van der Waals surface area contributed by atoms with E-state index in [9.17, 15) is 0 Å². The molecule has 0 bridgehead atoms. The predicted molar refractivity (Wildman–Crippen MR) is 53.2 cm³/mol. The van der Waals surface area contributed by atoms with E-state index >= 15 is 0 Å². The maximum absolute atomic E-state index is 2.51. The molecule has 2 saturated carbocycles. The van der Waals surface area contributed by atoms with Crippen LogP contribution in [0.3, 0.4) is 0 Å². The minimum absolute atomic E-state index is 0.780. The number of hydrogen-bond donors (Lipinski definition) is 0. The van der Waals surface area contributed by atoms with E-state index in [0.29, 0.717) is 0 Å². The van der Waals surface area contributed by atoms with Crippen molar-refractivity contribution in [2.75, 3.05) is 0 Å². The first kappa shape index (κ1) is 8.59. The van der Waals surface area contributed by atoms with Crippen LogP contribution in [0, 0.1) is 11.3 Å². The van der Waals surface area contributed by atoms with E-state index in [1.807, 2.05) is 0 Å². The van der Waals surface area contributed by atoms with Crippen LogP contribution >= 0.6 is 0 Å². The van der Waals surface area contributed by atoms with Crippen LogP contribution in [-0.2, 0) is 0 Å². The molecule has 2 aliphatic carbocycles. The number of rotatable bonds is 2. The molecule has 0 saturated heterocycles. The average Bonchev–Trinajstić information content (AvgIpc) is 2.04. The molecule has 0 aromatic heterocycles. The van der Waals surface area contributed by atoms with Gasteiger partial charge in [0.15, 0.2) is 0 Å². The Balaban J connectivity index is 1.77. The third kappa shape index (κ3) is 1.84. The zero-order valence-electron chi connectivity index (χ0n) is 8.44. The fourth-order valence-electron chi connectivity index (χ4n) is 3.07. The van der Waals surface area contributed by atoms with Crippen LogP contribution in [0.5, 0.6) is 0 Å². The summed E-state index contributed by atoms with van der Waals surface area (Å²) in [7, 11) is 0. The smallest absolute Gasteiger partial charge is 0.0323 e. The van der Waals surface area contributed by atoms with Crippen molar-refractivity contribution in [1.29, 1.82) is 0 Å². The van der Waals surface area contributed by atoms with Gasteiger partial charge in [-0.3, -0.25) is 0 Å². The Morgan fingerprint density at radius 1 is 1.00 bits per heavy atom. The van der Waals surface area contributed by atoms with Gasteiger partial charge in [0.1, 0.15) is 0 Å². The highest BCUT2D eigenvalue weighted by atomic mass is 14.4. The summed E-state index contributed by atoms with van der Waals surface area (Å²) >= 11 is 0. The van der Waals surface area contributed by atoms with Gasteiger partial charge in [0.25, 0.3) is 0 Å². The molecular weight excluding hydrogens is 144 g/mol. The van der Waals surface area contributed by atoms with Crippen LogP contribution in [0.25, 0.3) is 0 Å². The largest absolute Gasteiger partial charge is 0.0596 e. The molecule has 2 rings (SSSR count). The van der Waals surface area contributed by atoms with E-state index in [1.54, 1.807) is 6.42 Å². The van der Waals surface area contributed by atoms with Crippen molar-refractivity contribution in [3.8, 4) is 0 Å². The molecule has 0 radical (unpaired) electrons. The zero-order valence-corrected chi connectivity index (χ0v) is 8.44. The highest BCUT2D eigenvalue weighted by Gasteiger charge is 2.34. The molecule has 0 N–H and O–H groups in total. The Morgan fingerprint density at radius 2 is 1.67 bits per heavy atom. The van der Waals surface area contributed by atoms with Crippen LogP contribution < -0.4 is 0 Å². The maximum atomic E-state index is 2.51. The molecule has 0 spiro atoms. The molecule has 0 aliphatic heterocycles. The van der Waals surface area contributed by atoms with Crippen LogP contribution in [0.4, 0.5) is 0 Å². The monoisotopic (exact) mass is 166 g/mol. The van der Waals surface area contributed by atoms with E-state index in [0.717, 1.165) is 11.3 Å². The third-order valence-electron chi connectivity index (χ3n) is 4.07. The van der Waals surface area contributed by atoms with Gasteiger partial charge in [-0.05, 0) is 30.6 Å². The normalized spacial score (nSPS) is 29.8. The van der Waals surface area contributed by atoms with Crippen LogP contribution in [-0.4, -0.2) is 0 Å². The standard InChI is InChI=1S/C12H22/c1-12(8-5-9-12)10-11-6-3-2-4-7-11/h11H,2-10H2,1H3. The Labute approximate surface area is 76.7 Å². The molecule has 0 nitrogen and oxygen atoms in total. The van der Waals surface area contributed by atoms with Crippen molar-refractivity contribution in [2.24, 2.45) is 11.3 Å². The quantitative estimate of drug-likeness (QED) is 0.578. The summed E-state index contributed by atoms with van der Waals surface area (Å²) < 4.78 is 0. The SMILES string of the molecule is CC1(CC2CCCCC2)CCC1. The molecule has 0 amide bonds. The summed E-state index contributed by atoms with van der Waals surface area (Å²) in [5, 5.41) is 0.